The number of hydrogen-bond donors (Lipinski definition) is 2. The predicted octanol–water partition coefficient (Wildman–Crippen LogP) is 2.53. The summed E-state index contributed by atoms with van der Waals surface area (Å²) < 4.78 is 35.2. The van der Waals surface area contributed by atoms with Crippen molar-refractivity contribution in [3.05, 3.63) is 24.8 Å². The zero-order valence-corrected chi connectivity index (χ0v) is 26.1. The fourth-order valence-corrected chi connectivity index (χ4v) is 8.81. The fraction of sp³-hybridized carbons (Fsp3) is 0.600. The van der Waals surface area contributed by atoms with E-state index in [0.29, 0.717) is 48.3 Å². The summed E-state index contributed by atoms with van der Waals surface area (Å²) in [6.07, 6.45) is 7.45. The number of hydrogen-bond acceptors (Lipinski definition) is 12. The second-order valence-electron chi connectivity index (χ2n) is 7.59. The Bertz CT molecular complexity index is 911. The minimum Gasteiger partial charge on any atom is -0.377 e. The van der Waals surface area contributed by atoms with Crippen molar-refractivity contribution in [1.82, 2.24) is 29.7 Å². The molecular weight excluding hydrogens is 573 g/mol. The van der Waals surface area contributed by atoms with Crippen molar-refractivity contribution in [2.75, 3.05) is 55.7 Å². The van der Waals surface area contributed by atoms with E-state index in [-0.39, 0.29) is 12.1 Å². The Labute approximate surface area is 232 Å². The molecule has 0 fully saturated rings. The zero-order chi connectivity index (χ0) is 28.0. The topological polar surface area (TPSA) is 149 Å². The Balaban J connectivity index is 1.85. The lowest BCUT2D eigenvalue weighted by Crippen LogP contribution is -2.43. The molecule has 38 heavy (non-hydrogen) atoms. The molecule has 0 aliphatic rings. The summed E-state index contributed by atoms with van der Waals surface area (Å²) >= 11 is 0. The lowest BCUT2D eigenvalue weighted by molar-refractivity contribution is 0.122. The Hall–Kier alpha value is -1.75. The Morgan fingerprint density at radius 3 is 1.37 bits per heavy atom. The van der Waals surface area contributed by atoms with E-state index in [9.17, 15) is 9.59 Å². The van der Waals surface area contributed by atoms with Gasteiger partial charge in [0, 0.05) is 92.6 Å². The van der Waals surface area contributed by atoms with E-state index in [0.717, 1.165) is 0 Å². The highest BCUT2D eigenvalue weighted by atomic mass is 33.1. The molecule has 2 rings (SSSR count). The molecule has 14 nitrogen and oxygen atoms in total. The molecular formula is C20H36N6O8S2Si2. The second-order valence-corrected chi connectivity index (χ2v) is 15.8. The maximum atomic E-state index is 12.7. The smallest absolute Gasteiger partial charge is 0.377 e. The van der Waals surface area contributed by atoms with Crippen LogP contribution in [0.25, 0.3) is 0 Å². The summed E-state index contributed by atoms with van der Waals surface area (Å²) in [6.45, 7) is 0.818. The summed E-state index contributed by atoms with van der Waals surface area (Å²) in [6, 6.07) is 0.483. The van der Waals surface area contributed by atoms with Gasteiger partial charge in [-0.25, -0.2) is 28.7 Å². The molecule has 0 radical (unpaired) electrons. The third-order valence-electron chi connectivity index (χ3n) is 5.58. The number of aromatic nitrogens is 4. The minimum atomic E-state index is -2.68. The summed E-state index contributed by atoms with van der Waals surface area (Å²) in [7, 11) is 6.38. The van der Waals surface area contributed by atoms with Crippen LogP contribution < -0.4 is 10.6 Å². The largest absolute Gasteiger partial charge is 0.500 e. The SMILES string of the molecule is CO[Si](CCCNC(=O)n1ccnc1SSc1nccn1C(=O)NCCC[Si](OC)(OC)OC)(OC)OC. The first-order valence-corrected chi connectivity index (χ1v) is 17.6. The summed E-state index contributed by atoms with van der Waals surface area (Å²) in [5.41, 5.74) is 0. The molecule has 214 valence electrons. The highest BCUT2D eigenvalue weighted by molar-refractivity contribution is 8.76. The van der Waals surface area contributed by atoms with E-state index in [2.05, 4.69) is 20.6 Å². The van der Waals surface area contributed by atoms with E-state index < -0.39 is 17.6 Å². The third-order valence-corrected chi connectivity index (χ3v) is 13.4. The number of nitrogens with zero attached hydrogens (tertiary/aromatic N) is 4. The van der Waals surface area contributed by atoms with Crippen LogP contribution in [0, 0.1) is 0 Å². The molecule has 2 heterocycles. The number of imidazole rings is 2. The predicted molar refractivity (Wildman–Crippen MR) is 146 cm³/mol. The highest BCUT2D eigenvalue weighted by Gasteiger charge is 2.37. The minimum absolute atomic E-state index is 0.325. The number of carbonyl (C=O) groups is 2. The van der Waals surface area contributed by atoms with Crippen molar-refractivity contribution in [3.8, 4) is 0 Å². The van der Waals surface area contributed by atoms with Gasteiger partial charge in [-0.1, -0.05) is 0 Å². The van der Waals surface area contributed by atoms with Crippen LogP contribution >= 0.6 is 21.6 Å². The van der Waals surface area contributed by atoms with Crippen LogP contribution in [0.2, 0.25) is 12.1 Å². The molecule has 0 bridgehead atoms. The fourth-order valence-electron chi connectivity index (χ4n) is 3.37. The lowest BCUT2D eigenvalue weighted by Gasteiger charge is -2.24. The van der Waals surface area contributed by atoms with Crippen LogP contribution in [0.1, 0.15) is 12.8 Å². The molecule has 2 amide bonds. The van der Waals surface area contributed by atoms with Crippen molar-refractivity contribution in [2.45, 2.75) is 35.2 Å². The second kappa shape index (κ2) is 16.4. The van der Waals surface area contributed by atoms with Crippen LogP contribution in [-0.2, 0) is 26.6 Å². The molecule has 0 aromatic carbocycles. The Kier molecular flexibility index (Phi) is 14.0. The molecule has 18 heteroatoms. The normalized spacial score (nSPS) is 12.1. The molecule has 2 aromatic rings. The van der Waals surface area contributed by atoms with Gasteiger partial charge in [-0.3, -0.25) is 0 Å². The number of rotatable bonds is 17. The van der Waals surface area contributed by atoms with Gasteiger partial charge in [-0.15, -0.1) is 0 Å². The van der Waals surface area contributed by atoms with Gasteiger partial charge < -0.3 is 37.2 Å². The van der Waals surface area contributed by atoms with Crippen molar-refractivity contribution in [3.63, 3.8) is 0 Å². The number of carbonyl (C=O) groups excluding carboxylic acids is 2. The molecule has 0 aliphatic heterocycles. The van der Waals surface area contributed by atoms with Gasteiger partial charge in [-0.05, 0) is 34.4 Å². The molecule has 0 atom stereocenters. The van der Waals surface area contributed by atoms with Crippen molar-refractivity contribution in [2.24, 2.45) is 0 Å². The van der Waals surface area contributed by atoms with Gasteiger partial charge >= 0.3 is 29.7 Å². The standard InChI is InChI=1S/C20H36N6O8S2Si2/c1-29-37(30-2,31-3)15-7-9-21-17(27)25-13-11-23-19(25)35-36-20-24-12-14-26(20)18(28)22-10-8-16-38(32-4,33-5)34-6/h11-14H,7-10,15-16H2,1-6H3,(H,21,27)(H,22,28). The van der Waals surface area contributed by atoms with Gasteiger partial charge in [0.05, 0.1) is 0 Å². The lowest BCUT2D eigenvalue weighted by atomic mass is 10.5. The molecule has 2 N–H and O–H groups in total. The maximum Gasteiger partial charge on any atom is 0.500 e. The first-order valence-electron chi connectivity index (χ1n) is 11.6. The molecule has 0 saturated heterocycles. The summed E-state index contributed by atoms with van der Waals surface area (Å²) in [4.78, 5) is 33.8. The first-order chi connectivity index (χ1) is 18.3. The van der Waals surface area contributed by atoms with Gasteiger partial charge in [0.25, 0.3) is 0 Å². The molecule has 0 aliphatic carbocycles. The van der Waals surface area contributed by atoms with Crippen molar-refractivity contribution < 1.29 is 36.1 Å². The molecule has 0 spiro atoms. The summed E-state index contributed by atoms with van der Waals surface area (Å²) in [5.74, 6) is 0. The van der Waals surface area contributed by atoms with Crippen LogP contribution in [0.4, 0.5) is 9.59 Å². The summed E-state index contributed by atoms with van der Waals surface area (Å²) in [5, 5.41) is 6.59. The average molecular weight is 609 g/mol. The Morgan fingerprint density at radius 2 is 1.05 bits per heavy atom. The molecule has 0 unspecified atom stereocenters. The van der Waals surface area contributed by atoms with E-state index in [1.54, 1.807) is 55.1 Å². The van der Waals surface area contributed by atoms with E-state index >= 15 is 0 Å². The Morgan fingerprint density at radius 1 is 0.711 bits per heavy atom. The van der Waals surface area contributed by atoms with Crippen LogP contribution in [0.5, 0.6) is 0 Å². The zero-order valence-electron chi connectivity index (χ0n) is 22.4. The number of nitrogens with one attached hydrogen (secondary N) is 2. The van der Waals surface area contributed by atoms with E-state index in [4.69, 9.17) is 26.6 Å². The monoisotopic (exact) mass is 608 g/mol. The van der Waals surface area contributed by atoms with Crippen LogP contribution in [0.3, 0.4) is 0 Å². The van der Waals surface area contributed by atoms with Gasteiger partial charge in [0.1, 0.15) is 0 Å². The van der Waals surface area contributed by atoms with Crippen molar-refractivity contribution >= 4 is 51.3 Å². The van der Waals surface area contributed by atoms with Crippen LogP contribution in [-0.4, -0.2) is 105 Å². The van der Waals surface area contributed by atoms with Gasteiger partial charge in [0.2, 0.25) is 0 Å². The van der Waals surface area contributed by atoms with Crippen LogP contribution in [0.15, 0.2) is 35.1 Å². The van der Waals surface area contributed by atoms with E-state index in [1.165, 1.54) is 43.1 Å². The molecule has 2 aromatic heterocycles. The van der Waals surface area contributed by atoms with Gasteiger partial charge in [-0.2, -0.15) is 0 Å². The quantitative estimate of drug-likeness (QED) is 0.154. The molecule has 0 saturated carbocycles. The number of amides is 2. The average Bonchev–Trinajstić information content (AvgIpc) is 3.62. The van der Waals surface area contributed by atoms with E-state index in [1.807, 2.05) is 0 Å². The third kappa shape index (κ3) is 8.90. The maximum absolute atomic E-state index is 12.7. The van der Waals surface area contributed by atoms with Gasteiger partial charge in [0.15, 0.2) is 10.3 Å². The van der Waals surface area contributed by atoms with Crippen molar-refractivity contribution in [1.29, 1.82) is 0 Å². The highest BCUT2D eigenvalue weighted by Crippen LogP contribution is 2.35. The first kappa shape index (κ1) is 32.5.